The summed E-state index contributed by atoms with van der Waals surface area (Å²) in [5, 5.41) is 6.14. The molecule has 2 aromatic rings. The highest BCUT2D eigenvalue weighted by Crippen LogP contribution is 2.64. The number of anilines is 3. The smallest absolute Gasteiger partial charge is 0.233 e. The average Bonchev–Trinajstić information content (AvgIpc) is 3.02. The van der Waals surface area contributed by atoms with Crippen molar-refractivity contribution in [3.63, 3.8) is 0 Å². The summed E-state index contributed by atoms with van der Waals surface area (Å²) in [4.78, 5) is 12.2. The molecule has 0 spiro atoms. The molecule has 1 saturated carbocycles. The number of nitrogens with one attached hydrogen (secondary N) is 2. The molecule has 1 fully saturated rings. The van der Waals surface area contributed by atoms with Gasteiger partial charge in [0.15, 0.2) is 0 Å². The third-order valence-corrected chi connectivity index (χ3v) is 5.07. The molecule has 3 rings (SSSR count). The van der Waals surface area contributed by atoms with Gasteiger partial charge in [0.1, 0.15) is 4.33 Å². The van der Waals surface area contributed by atoms with Gasteiger partial charge < -0.3 is 10.6 Å². The molecule has 0 radical (unpaired) electrons. The normalized spacial score (nSPS) is 22.0. The number of benzene rings is 2. The Kier molecular flexibility index (Phi) is 3.79. The van der Waals surface area contributed by atoms with Crippen LogP contribution in [0.1, 0.15) is 13.3 Å². The third kappa shape index (κ3) is 2.92. The zero-order valence-electron chi connectivity index (χ0n) is 12.1. The van der Waals surface area contributed by atoms with Crippen molar-refractivity contribution in [3.05, 3.63) is 54.6 Å². The van der Waals surface area contributed by atoms with Crippen LogP contribution < -0.4 is 10.6 Å². The van der Waals surface area contributed by atoms with E-state index in [0.29, 0.717) is 6.42 Å². The number of para-hydroxylation sites is 1. The second kappa shape index (κ2) is 5.49. The van der Waals surface area contributed by atoms with Crippen LogP contribution in [0.4, 0.5) is 17.1 Å². The molecule has 22 heavy (non-hydrogen) atoms. The van der Waals surface area contributed by atoms with Crippen LogP contribution in [-0.2, 0) is 4.79 Å². The molecule has 0 saturated heterocycles. The molecule has 0 heterocycles. The molecule has 2 aromatic carbocycles. The number of hydrogen-bond donors (Lipinski definition) is 2. The summed E-state index contributed by atoms with van der Waals surface area (Å²) >= 11 is 12.0. The largest absolute Gasteiger partial charge is 0.356 e. The monoisotopic (exact) mass is 334 g/mol. The van der Waals surface area contributed by atoms with Crippen molar-refractivity contribution in [1.29, 1.82) is 0 Å². The molecule has 0 aromatic heterocycles. The van der Waals surface area contributed by atoms with Crippen LogP contribution in [-0.4, -0.2) is 10.2 Å². The number of rotatable bonds is 4. The number of halogens is 2. The van der Waals surface area contributed by atoms with Crippen molar-refractivity contribution in [2.75, 3.05) is 10.6 Å². The van der Waals surface area contributed by atoms with Crippen molar-refractivity contribution >= 4 is 46.2 Å². The van der Waals surface area contributed by atoms with Crippen molar-refractivity contribution in [2.45, 2.75) is 17.7 Å². The van der Waals surface area contributed by atoms with E-state index in [-0.39, 0.29) is 5.91 Å². The Balaban J connectivity index is 1.64. The summed E-state index contributed by atoms with van der Waals surface area (Å²) in [5.74, 6) is -0.152. The van der Waals surface area contributed by atoms with E-state index in [0.717, 1.165) is 17.1 Å². The van der Waals surface area contributed by atoms with Gasteiger partial charge in [0.05, 0.1) is 5.41 Å². The molecular weight excluding hydrogens is 319 g/mol. The highest BCUT2D eigenvalue weighted by Gasteiger charge is 2.67. The van der Waals surface area contributed by atoms with Gasteiger partial charge in [0.2, 0.25) is 5.91 Å². The Hall–Kier alpha value is -1.71. The minimum atomic E-state index is -0.952. The molecule has 1 aliphatic carbocycles. The van der Waals surface area contributed by atoms with Gasteiger partial charge in [-0.25, -0.2) is 0 Å². The minimum absolute atomic E-state index is 0.152. The maximum absolute atomic E-state index is 12.2. The first-order valence-corrected chi connectivity index (χ1v) is 7.78. The topological polar surface area (TPSA) is 41.1 Å². The van der Waals surface area contributed by atoms with Gasteiger partial charge in [-0.2, -0.15) is 0 Å². The molecule has 5 heteroatoms. The van der Waals surface area contributed by atoms with Gasteiger partial charge >= 0.3 is 0 Å². The summed E-state index contributed by atoms with van der Waals surface area (Å²) in [6.45, 7) is 1.77. The Labute approximate surface area is 139 Å². The SMILES string of the molecule is CC1(C(=O)Nc2ccc(Nc3ccccc3)cc2)CC1(Cl)Cl. The highest BCUT2D eigenvalue weighted by atomic mass is 35.5. The number of alkyl halides is 2. The van der Waals surface area contributed by atoms with E-state index in [2.05, 4.69) is 10.6 Å². The second-order valence-electron chi connectivity index (χ2n) is 5.74. The summed E-state index contributed by atoms with van der Waals surface area (Å²) in [6.07, 6.45) is 0.475. The first kappa shape index (κ1) is 15.2. The minimum Gasteiger partial charge on any atom is -0.356 e. The van der Waals surface area contributed by atoms with Crippen molar-refractivity contribution < 1.29 is 4.79 Å². The van der Waals surface area contributed by atoms with Gasteiger partial charge in [-0.1, -0.05) is 18.2 Å². The lowest BCUT2D eigenvalue weighted by Crippen LogP contribution is -2.25. The summed E-state index contributed by atoms with van der Waals surface area (Å²) in [7, 11) is 0. The van der Waals surface area contributed by atoms with Crippen LogP contribution in [0.5, 0.6) is 0 Å². The van der Waals surface area contributed by atoms with Crippen LogP contribution >= 0.6 is 23.2 Å². The first-order chi connectivity index (χ1) is 10.4. The van der Waals surface area contributed by atoms with Gasteiger partial charge in [0.25, 0.3) is 0 Å². The third-order valence-electron chi connectivity index (χ3n) is 3.96. The van der Waals surface area contributed by atoms with E-state index < -0.39 is 9.75 Å². The molecule has 2 N–H and O–H groups in total. The molecular formula is C17H16Cl2N2O. The Bertz CT molecular complexity index is 686. The van der Waals surface area contributed by atoms with Gasteiger partial charge in [0, 0.05) is 17.1 Å². The first-order valence-electron chi connectivity index (χ1n) is 7.02. The van der Waals surface area contributed by atoms with E-state index in [1.165, 1.54) is 0 Å². The van der Waals surface area contributed by atoms with E-state index in [9.17, 15) is 4.79 Å². The number of carbonyl (C=O) groups is 1. The van der Waals surface area contributed by atoms with Gasteiger partial charge in [-0.15, -0.1) is 23.2 Å². The fraction of sp³-hybridized carbons (Fsp3) is 0.235. The van der Waals surface area contributed by atoms with E-state index >= 15 is 0 Å². The van der Waals surface area contributed by atoms with Crippen LogP contribution in [0, 0.1) is 5.41 Å². The van der Waals surface area contributed by atoms with Crippen LogP contribution in [0.15, 0.2) is 54.6 Å². The Morgan fingerprint density at radius 2 is 1.45 bits per heavy atom. The van der Waals surface area contributed by atoms with Gasteiger partial charge in [-0.05, 0) is 49.7 Å². The lowest BCUT2D eigenvalue weighted by atomic mass is 10.1. The van der Waals surface area contributed by atoms with Crippen molar-refractivity contribution in [1.82, 2.24) is 0 Å². The van der Waals surface area contributed by atoms with Crippen LogP contribution in [0.25, 0.3) is 0 Å². The zero-order valence-corrected chi connectivity index (χ0v) is 13.6. The van der Waals surface area contributed by atoms with Crippen molar-refractivity contribution in [2.24, 2.45) is 5.41 Å². The fourth-order valence-electron chi connectivity index (χ4n) is 2.24. The van der Waals surface area contributed by atoms with E-state index in [4.69, 9.17) is 23.2 Å². The quantitative estimate of drug-likeness (QED) is 0.776. The number of hydrogen-bond acceptors (Lipinski definition) is 2. The fourth-order valence-corrected chi connectivity index (χ4v) is 2.95. The van der Waals surface area contributed by atoms with Crippen molar-refractivity contribution in [3.8, 4) is 0 Å². The summed E-state index contributed by atoms with van der Waals surface area (Å²) < 4.78 is -0.952. The highest BCUT2D eigenvalue weighted by molar-refractivity contribution is 6.53. The predicted octanol–water partition coefficient (Wildman–Crippen LogP) is 4.95. The Morgan fingerprint density at radius 3 is 2.00 bits per heavy atom. The zero-order chi connectivity index (χ0) is 15.8. The lowest BCUT2D eigenvalue weighted by molar-refractivity contribution is -0.120. The molecule has 0 aliphatic heterocycles. The molecule has 114 valence electrons. The van der Waals surface area contributed by atoms with Gasteiger partial charge in [-0.3, -0.25) is 4.79 Å². The Morgan fingerprint density at radius 1 is 0.955 bits per heavy atom. The predicted molar refractivity (Wildman–Crippen MR) is 92.0 cm³/mol. The molecule has 3 nitrogen and oxygen atoms in total. The van der Waals surface area contributed by atoms with E-state index in [1.807, 2.05) is 54.6 Å². The standard InChI is InChI=1S/C17H16Cl2N2O/c1-16(11-17(16,18)19)15(22)21-14-9-7-13(8-10-14)20-12-5-3-2-4-6-12/h2-10,20H,11H2,1H3,(H,21,22). The number of carbonyl (C=O) groups excluding carboxylic acids is 1. The molecule has 1 aliphatic rings. The van der Waals surface area contributed by atoms with Crippen LogP contribution in [0.3, 0.4) is 0 Å². The average molecular weight is 335 g/mol. The maximum Gasteiger partial charge on any atom is 0.233 e. The molecule has 1 amide bonds. The molecule has 1 unspecified atom stereocenters. The summed E-state index contributed by atoms with van der Waals surface area (Å²) in [6, 6.07) is 17.4. The number of amides is 1. The molecule has 0 bridgehead atoms. The van der Waals surface area contributed by atoms with Crippen LogP contribution in [0.2, 0.25) is 0 Å². The summed E-state index contributed by atoms with van der Waals surface area (Å²) in [5.41, 5.74) is 1.97. The maximum atomic E-state index is 12.2. The second-order valence-corrected chi connectivity index (χ2v) is 7.22. The molecule has 1 atom stereocenters. The lowest BCUT2D eigenvalue weighted by Gasteiger charge is -2.13. The van der Waals surface area contributed by atoms with E-state index in [1.54, 1.807) is 6.92 Å².